The average Bonchev–Trinajstić information content (AvgIpc) is 2.87. The van der Waals surface area contributed by atoms with Crippen LogP contribution in [0.25, 0.3) is 10.9 Å². The molecule has 1 amide bonds. The van der Waals surface area contributed by atoms with E-state index in [0.29, 0.717) is 16.0 Å². The summed E-state index contributed by atoms with van der Waals surface area (Å²) in [4.78, 5) is 29.1. The second kappa shape index (κ2) is 5.41. The van der Waals surface area contributed by atoms with E-state index in [9.17, 15) is 9.59 Å². The minimum atomic E-state index is -0.365. The molecule has 0 unspecified atom stereocenters. The van der Waals surface area contributed by atoms with Crippen molar-refractivity contribution in [1.29, 1.82) is 0 Å². The first-order valence-corrected chi connectivity index (χ1v) is 7.00. The molecule has 7 nitrogen and oxygen atoms in total. The summed E-state index contributed by atoms with van der Waals surface area (Å²) in [6.07, 6.45) is 1.67. The number of aryl methyl sites for hydroxylation is 1. The molecule has 1 N–H and O–H groups in total. The molecular formula is C13H11N5O2S. The highest BCUT2D eigenvalue weighted by atomic mass is 32.1. The van der Waals surface area contributed by atoms with Gasteiger partial charge in [0.1, 0.15) is 12.1 Å². The molecule has 2 aromatic heterocycles. The van der Waals surface area contributed by atoms with Gasteiger partial charge in [-0.1, -0.05) is 17.3 Å². The number of hydrogen-bond acceptors (Lipinski definition) is 6. The summed E-state index contributed by atoms with van der Waals surface area (Å²) in [6.45, 7) is 1.70. The van der Waals surface area contributed by atoms with Gasteiger partial charge >= 0.3 is 0 Å². The van der Waals surface area contributed by atoms with E-state index < -0.39 is 0 Å². The van der Waals surface area contributed by atoms with Crippen molar-refractivity contribution in [3.8, 4) is 0 Å². The summed E-state index contributed by atoms with van der Waals surface area (Å²) in [6, 6.07) is 6.88. The van der Waals surface area contributed by atoms with Crippen molar-refractivity contribution in [1.82, 2.24) is 20.0 Å². The fourth-order valence-electron chi connectivity index (χ4n) is 1.83. The molecule has 3 rings (SSSR count). The van der Waals surface area contributed by atoms with Gasteiger partial charge in [0.05, 0.1) is 5.39 Å². The fraction of sp³-hybridized carbons (Fsp3) is 0.154. The van der Waals surface area contributed by atoms with Crippen molar-refractivity contribution in [2.45, 2.75) is 13.5 Å². The van der Waals surface area contributed by atoms with Gasteiger partial charge in [0.25, 0.3) is 5.56 Å². The second-order valence-corrected chi connectivity index (χ2v) is 5.63. The zero-order valence-corrected chi connectivity index (χ0v) is 11.9. The summed E-state index contributed by atoms with van der Waals surface area (Å²) in [5, 5.41) is 11.3. The molecule has 0 atom stereocenters. The number of aromatic nitrogens is 4. The molecule has 0 aliphatic heterocycles. The number of rotatable bonds is 3. The quantitative estimate of drug-likeness (QED) is 0.785. The predicted octanol–water partition coefficient (Wildman–Crippen LogP) is 1.20. The van der Waals surface area contributed by atoms with Crippen molar-refractivity contribution in [3.05, 3.63) is 45.7 Å². The number of carbonyl (C=O) groups excluding carboxylic acids is 1. The van der Waals surface area contributed by atoms with Gasteiger partial charge in [-0.3, -0.25) is 9.59 Å². The molecule has 106 valence electrons. The van der Waals surface area contributed by atoms with Crippen LogP contribution < -0.4 is 10.9 Å². The second-order valence-electron chi connectivity index (χ2n) is 4.39. The molecule has 8 heteroatoms. The molecule has 0 radical (unpaired) electrons. The van der Waals surface area contributed by atoms with Gasteiger partial charge in [-0.25, -0.2) is 9.67 Å². The Kier molecular flexibility index (Phi) is 3.44. The van der Waals surface area contributed by atoms with Crippen LogP contribution in [-0.2, 0) is 11.3 Å². The third-order valence-electron chi connectivity index (χ3n) is 2.79. The van der Waals surface area contributed by atoms with Crippen LogP contribution in [0.2, 0.25) is 0 Å². The fourth-order valence-corrected chi connectivity index (χ4v) is 2.51. The summed E-state index contributed by atoms with van der Waals surface area (Å²) >= 11 is 1.37. The van der Waals surface area contributed by atoms with Gasteiger partial charge < -0.3 is 5.32 Å². The summed E-state index contributed by atoms with van der Waals surface area (Å²) in [7, 11) is 0. The summed E-state index contributed by atoms with van der Waals surface area (Å²) in [5.74, 6) is -0.365. The van der Waals surface area contributed by atoms with E-state index in [2.05, 4.69) is 20.6 Å². The highest BCUT2D eigenvalue weighted by Gasteiger charge is 2.10. The van der Waals surface area contributed by atoms with Crippen molar-refractivity contribution < 1.29 is 4.79 Å². The Balaban J connectivity index is 1.83. The molecule has 3 aromatic rings. The molecule has 1 aromatic carbocycles. The van der Waals surface area contributed by atoms with Gasteiger partial charge in [-0.2, -0.15) is 0 Å². The maximum Gasteiger partial charge on any atom is 0.278 e. The van der Waals surface area contributed by atoms with Crippen molar-refractivity contribution in [2.24, 2.45) is 0 Å². The van der Waals surface area contributed by atoms with Crippen LogP contribution in [-0.4, -0.2) is 25.9 Å². The Hall–Kier alpha value is -2.61. The predicted molar refractivity (Wildman–Crippen MR) is 79.3 cm³/mol. The maximum absolute atomic E-state index is 12.2. The Morgan fingerprint density at radius 3 is 2.95 bits per heavy atom. The number of nitrogens with zero attached hydrogens (tertiary/aromatic N) is 4. The number of benzene rings is 1. The minimum absolute atomic E-state index is 0.199. The Morgan fingerprint density at radius 2 is 2.19 bits per heavy atom. The molecule has 2 heterocycles. The largest absolute Gasteiger partial charge is 0.300 e. The van der Waals surface area contributed by atoms with Gasteiger partial charge in [0.15, 0.2) is 5.13 Å². The first-order valence-electron chi connectivity index (χ1n) is 6.18. The van der Waals surface area contributed by atoms with E-state index in [4.69, 9.17) is 0 Å². The van der Waals surface area contributed by atoms with Crippen molar-refractivity contribution in [2.75, 3.05) is 5.32 Å². The van der Waals surface area contributed by atoms with Crippen LogP contribution in [0.15, 0.2) is 35.3 Å². The van der Waals surface area contributed by atoms with E-state index in [0.717, 1.165) is 9.56 Å². The van der Waals surface area contributed by atoms with E-state index in [-0.39, 0.29) is 18.0 Å². The standard InChI is InChI=1S/C13H11N5O2S/c1-8-6-14-13(21-8)15-11(19)7-18-12(20)9-4-2-3-5-10(9)16-17-18/h2-6H,7H2,1H3,(H,14,15,19). The lowest BCUT2D eigenvalue weighted by Crippen LogP contribution is -2.30. The molecule has 0 aliphatic carbocycles. The third-order valence-corrected chi connectivity index (χ3v) is 3.62. The van der Waals surface area contributed by atoms with Crippen LogP contribution in [0.1, 0.15) is 4.88 Å². The minimum Gasteiger partial charge on any atom is -0.300 e. The summed E-state index contributed by atoms with van der Waals surface area (Å²) in [5.41, 5.74) is 0.167. The van der Waals surface area contributed by atoms with Gasteiger partial charge in [0, 0.05) is 11.1 Å². The lowest BCUT2D eigenvalue weighted by Gasteiger charge is -2.04. The number of thiazole rings is 1. The molecule has 0 saturated carbocycles. The molecule has 0 spiro atoms. The molecule has 0 fully saturated rings. The van der Waals surface area contributed by atoms with Crippen LogP contribution in [0.4, 0.5) is 5.13 Å². The summed E-state index contributed by atoms with van der Waals surface area (Å²) < 4.78 is 1.04. The van der Waals surface area contributed by atoms with Crippen molar-refractivity contribution in [3.63, 3.8) is 0 Å². The van der Waals surface area contributed by atoms with Crippen LogP contribution >= 0.6 is 11.3 Å². The number of fused-ring (bicyclic) bond motifs is 1. The van der Waals surface area contributed by atoms with Gasteiger partial charge in [-0.15, -0.1) is 16.4 Å². The van der Waals surface area contributed by atoms with E-state index in [1.165, 1.54) is 11.3 Å². The molecule has 0 aliphatic rings. The highest BCUT2D eigenvalue weighted by Crippen LogP contribution is 2.16. The number of nitrogens with one attached hydrogen (secondary N) is 1. The number of anilines is 1. The van der Waals surface area contributed by atoms with E-state index in [1.807, 2.05) is 6.92 Å². The lowest BCUT2D eigenvalue weighted by atomic mass is 10.2. The van der Waals surface area contributed by atoms with Crippen LogP contribution in [0.3, 0.4) is 0 Å². The van der Waals surface area contributed by atoms with Crippen LogP contribution in [0, 0.1) is 6.92 Å². The first kappa shape index (κ1) is 13.4. The smallest absolute Gasteiger partial charge is 0.278 e. The monoisotopic (exact) mass is 301 g/mol. The van der Waals surface area contributed by atoms with E-state index in [1.54, 1.807) is 30.5 Å². The number of hydrogen-bond donors (Lipinski definition) is 1. The lowest BCUT2D eigenvalue weighted by molar-refractivity contribution is -0.117. The normalized spacial score (nSPS) is 10.7. The van der Waals surface area contributed by atoms with Gasteiger partial charge in [0.2, 0.25) is 5.91 Å². The molecular weight excluding hydrogens is 290 g/mol. The van der Waals surface area contributed by atoms with Crippen molar-refractivity contribution >= 4 is 33.3 Å². The Bertz CT molecular complexity index is 870. The number of amides is 1. The topological polar surface area (TPSA) is 89.8 Å². The Labute approximate surface area is 123 Å². The molecule has 21 heavy (non-hydrogen) atoms. The zero-order chi connectivity index (χ0) is 14.8. The van der Waals surface area contributed by atoms with Gasteiger partial charge in [-0.05, 0) is 19.1 Å². The SMILES string of the molecule is Cc1cnc(NC(=O)Cn2nnc3ccccc3c2=O)s1. The average molecular weight is 301 g/mol. The van der Waals surface area contributed by atoms with Crippen LogP contribution in [0.5, 0.6) is 0 Å². The van der Waals surface area contributed by atoms with E-state index >= 15 is 0 Å². The molecule has 0 saturated heterocycles. The Morgan fingerprint density at radius 1 is 1.38 bits per heavy atom. The first-order chi connectivity index (χ1) is 10.1. The third kappa shape index (κ3) is 2.79. The highest BCUT2D eigenvalue weighted by molar-refractivity contribution is 7.15. The maximum atomic E-state index is 12.2. The molecule has 0 bridgehead atoms. The zero-order valence-electron chi connectivity index (χ0n) is 11.1. The number of carbonyl (C=O) groups is 1.